The lowest BCUT2D eigenvalue weighted by atomic mass is 9.89. The van der Waals surface area contributed by atoms with Crippen molar-refractivity contribution in [3.63, 3.8) is 0 Å². The standard InChI is InChI=1S/C21H23F3N2O/c22-21(23,24)17-10-7-13-19(14-17)26(18-11-5-2-6-12-18)20(27)25-15-16-8-3-1-4-9-16/h2,5-7,10-14,16H,1,3-4,8-9,15H2,(H,25,27). The maximum Gasteiger partial charge on any atom is 0.416 e. The molecule has 2 aromatic carbocycles. The molecule has 2 amide bonds. The molecule has 0 spiro atoms. The van der Waals surface area contributed by atoms with E-state index in [2.05, 4.69) is 5.32 Å². The molecular weight excluding hydrogens is 353 g/mol. The van der Waals surface area contributed by atoms with Crippen LogP contribution in [-0.4, -0.2) is 12.6 Å². The monoisotopic (exact) mass is 376 g/mol. The number of urea groups is 1. The molecule has 0 aliphatic heterocycles. The zero-order chi connectivity index (χ0) is 19.3. The number of benzene rings is 2. The summed E-state index contributed by atoms with van der Waals surface area (Å²) in [6, 6.07) is 13.2. The number of anilines is 2. The Morgan fingerprint density at radius 3 is 2.30 bits per heavy atom. The summed E-state index contributed by atoms with van der Waals surface area (Å²) in [6.45, 7) is 0.543. The van der Waals surface area contributed by atoms with Crippen LogP contribution in [0, 0.1) is 5.92 Å². The Kier molecular flexibility index (Phi) is 6.04. The Morgan fingerprint density at radius 1 is 0.963 bits per heavy atom. The van der Waals surface area contributed by atoms with Gasteiger partial charge in [0.2, 0.25) is 0 Å². The van der Waals surface area contributed by atoms with Gasteiger partial charge in [-0.05, 0) is 49.1 Å². The lowest BCUT2D eigenvalue weighted by Gasteiger charge is -2.27. The minimum atomic E-state index is -4.46. The first-order valence-electron chi connectivity index (χ1n) is 9.25. The number of nitrogens with one attached hydrogen (secondary N) is 1. The Hall–Kier alpha value is -2.50. The fourth-order valence-corrected chi connectivity index (χ4v) is 3.48. The predicted molar refractivity (Wildman–Crippen MR) is 100.0 cm³/mol. The Morgan fingerprint density at radius 2 is 1.63 bits per heavy atom. The van der Waals surface area contributed by atoms with E-state index in [0.29, 0.717) is 18.2 Å². The summed E-state index contributed by atoms with van der Waals surface area (Å²) in [5.41, 5.74) is -0.0591. The third-order valence-electron chi connectivity index (χ3n) is 4.92. The van der Waals surface area contributed by atoms with Crippen LogP contribution in [-0.2, 0) is 6.18 Å². The van der Waals surface area contributed by atoms with Crippen molar-refractivity contribution in [3.05, 3.63) is 60.2 Å². The number of carbonyl (C=O) groups is 1. The molecule has 0 radical (unpaired) electrons. The van der Waals surface area contributed by atoms with Crippen LogP contribution in [0.5, 0.6) is 0 Å². The Bertz CT molecular complexity index is 756. The number of hydrogen-bond donors (Lipinski definition) is 1. The van der Waals surface area contributed by atoms with Gasteiger partial charge in [0.05, 0.1) is 16.9 Å². The SMILES string of the molecule is O=C(NCC1CCCCC1)N(c1ccccc1)c1cccc(C(F)(F)F)c1. The number of amides is 2. The second kappa shape index (κ2) is 8.46. The summed E-state index contributed by atoms with van der Waals surface area (Å²) in [7, 11) is 0. The molecule has 144 valence electrons. The molecule has 1 aliphatic carbocycles. The molecule has 0 bridgehead atoms. The average molecular weight is 376 g/mol. The number of hydrogen-bond acceptors (Lipinski definition) is 1. The van der Waals surface area contributed by atoms with Crippen LogP contribution in [0.3, 0.4) is 0 Å². The van der Waals surface area contributed by atoms with Gasteiger partial charge in [-0.2, -0.15) is 13.2 Å². The molecular formula is C21H23F3N2O. The van der Waals surface area contributed by atoms with Crippen molar-refractivity contribution in [1.29, 1.82) is 0 Å². The highest BCUT2D eigenvalue weighted by atomic mass is 19.4. The smallest absolute Gasteiger partial charge is 0.337 e. The van der Waals surface area contributed by atoms with E-state index in [1.807, 2.05) is 0 Å². The maximum absolute atomic E-state index is 13.1. The lowest BCUT2D eigenvalue weighted by molar-refractivity contribution is -0.137. The van der Waals surface area contributed by atoms with E-state index in [9.17, 15) is 18.0 Å². The summed E-state index contributed by atoms with van der Waals surface area (Å²) in [5, 5.41) is 2.91. The van der Waals surface area contributed by atoms with Gasteiger partial charge in [0.15, 0.2) is 0 Å². The van der Waals surface area contributed by atoms with Crippen LogP contribution in [0.2, 0.25) is 0 Å². The molecule has 27 heavy (non-hydrogen) atoms. The van der Waals surface area contributed by atoms with E-state index in [4.69, 9.17) is 0 Å². The van der Waals surface area contributed by atoms with E-state index >= 15 is 0 Å². The van der Waals surface area contributed by atoms with E-state index in [0.717, 1.165) is 37.8 Å². The van der Waals surface area contributed by atoms with Crippen molar-refractivity contribution in [1.82, 2.24) is 5.32 Å². The van der Waals surface area contributed by atoms with Gasteiger partial charge in [0, 0.05) is 6.54 Å². The molecule has 6 heteroatoms. The average Bonchev–Trinajstić information content (AvgIpc) is 2.68. The Balaban J connectivity index is 1.84. The molecule has 0 heterocycles. The molecule has 0 saturated heterocycles. The van der Waals surface area contributed by atoms with Crippen molar-refractivity contribution in [2.24, 2.45) is 5.92 Å². The fourth-order valence-electron chi connectivity index (χ4n) is 3.48. The number of alkyl halides is 3. The second-order valence-corrected chi connectivity index (χ2v) is 6.91. The molecule has 0 atom stereocenters. The van der Waals surface area contributed by atoms with Crippen LogP contribution in [0.25, 0.3) is 0 Å². The van der Waals surface area contributed by atoms with Crippen molar-refractivity contribution in [2.45, 2.75) is 38.3 Å². The van der Waals surface area contributed by atoms with E-state index in [1.54, 1.807) is 30.3 Å². The summed E-state index contributed by atoms with van der Waals surface area (Å²) >= 11 is 0. The summed E-state index contributed by atoms with van der Waals surface area (Å²) in [5.74, 6) is 0.432. The molecule has 1 aliphatic rings. The Labute approximate surface area is 157 Å². The minimum absolute atomic E-state index is 0.192. The first-order valence-corrected chi connectivity index (χ1v) is 9.25. The first kappa shape index (κ1) is 19.3. The van der Waals surface area contributed by atoms with Gasteiger partial charge in [-0.25, -0.2) is 4.79 Å². The third kappa shape index (κ3) is 5.02. The minimum Gasteiger partial charge on any atom is -0.337 e. The van der Waals surface area contributed by atoms with Crippen LogP contribution in [0.1, 0.15) is 37.7 Å². The molecule has 3 nitrogen and oxygen atoms in total. The first-order chi connectivity index (χ1) is 12.9. The highest BCUT2D eigenvalue weighted by molar-refractivity contribution is 5.99. The zero-order valence-corrected chi connectivity index (χ0v) is 15.0. The maximum atomic E-state index is 13.1. The third-order valence-corrected chi connectivity index (χ3v) is 4.92. The number of halogens is 3. The van der Waals surface area contributed by atoms with Crippen LogP contribution in [0.4, 0.5) is 29.3 Å². The van der Waals surface area contributed by atoms with Gasteiger partial charge in [-0.15, -0.1) is 0 Å². The molecule has 2 aromatic rings. The second-order valence-electron chi connectivity index (χ2n) is 6.91. The molecule has 1 saturated carbocycles. The fraction of sp³-hybridized carbons (Fsp3) is 0.381. The zero-order valence-electron chi connectivity index (χ0n) is 15.0. The van der Waals surface area contributed by atoms with Gasteiger partial charge in [-0.1, -0.05) is 43.5 Å². The highest BCUT2D eigenvalue weighted by Crippen LogP contribution is 2.34. The van der Waals surface area contributed by atoms with Crippen LogP contribution >= 0.6 is 0 Å². The summed E-state index contributed by atoms with van der Waals surface area (Å²) in [4.78, 5) is 14.2. The predicted octanol–water partition coefficient (Wildman–Crippen LogP) is 6.13. The van der Waals surface area contributed by atoms with E-state index < -0.39 is 17.8 Å². The van der Waals surface area contributed by atoms with Gasteiger partial charge < -0.3 is 5.32 Å². The largest absolute Gasteiger partial charge is 0.416 e. The van der Waals surface area contributed by atoms with Gasteiger partial charge >= 0.3 is 12.2 Å². The van der Waals surface area contributed by atoms with E-state index in [-0.39, 0.29) is 5.69 Å². The van der Waals surface area contributed by atoms with Crippen LogP contribution < -0.4 is 10.2 Å². The quantitative estimate of drug-likeness (QED) is 0.684. The van der Waals surface area contributed by atoms with Crippen molar-refractivity contribution in [2.75, 3.05) is 11.4 Å². The van der Waals surface area contributed by atoms with Crippen molar-refractivity contribution < 1.29 is 18.0 Å². The summed E-state index contributed by atoms with van der Waals surface area (Å²) < 4.78 is 39.3. The highest BCUT2D eigenvalue weighted by Gasteiger charge is 2.31. The summed E-state index contributed by atoms with van der Waals surface area (Å²) in [6.07, 6.45) is 1.25. The lowest BCUT2D eigenvalue weighted by Crippen LogP contribution is -2.39. The molecule has 3 rings (SSSR count). The van der Waals surface area contributed by atoms with E-state index in [1.165, 1.54) is 23.5 Å². The van der Waals surface area contributed by atoms with Crippen molar-refractivity contribution in [3.8, 4) is 0 Å². The normalized spacial score (nSPS) is 15.4. The van der Waals surface area contributed by atoms with Gasteiger partial charge in [-0.3, -0.25) is 4.90 Å². The number of carbonyl (C=O) groups excluding carboxylic acids is 1. The molecule has 1 fully saturated rings. The number of nitrogens with zero attached hydrogens (tertiary/aromatic N) is 1. The van der Waals surface area contributed by atoms with Crippen LogP contribution in [0.15, 0.2) is 54.6 Å². The molecule has 0 aromatic heterocycles. The van der Waals surface area contributed by atoms with Gasteiger partial charge in [0.1, 0.15) is 0 Å². The number of rotatable bonds is 4. The molecule has 0 unspecified atom stereocenters. The van der Waals surface area contributed by atoms with Gasteiger partial charge in [0.25, 0.3) is 0 Å². The molecule has 1 N–H and O–H groups in total. The topological polar surface area (TPSA) is 32.3 Å². The van der Waals surface area contributed by atoms with Crippen molar-refractivity contribution >= 4 is 17.4 Å². The number of para-hydroxylation sites is 1.